The van der Waals surface area contributed by atoms with Gasteiger partial charge in [-0.25, -0.2) is 0 Å². The fourth-order valence-corrected chi connectivity index (χ4v) is 3.18. The van der Waals surface area contributed by atoms with E-state index in [1.807, 2.05) is 25.2 Å². The molecule has 1 heterocycles. The maximum Gasteiger partial charge on any atom is 0.252 e. The van der Waals surface area contributed by atoms with Crippen LogP contribution < -0.4 is 10.9 Å². The molecule has 1 fully saturated rings. The van der Waals surface area contributed by atoms with Gasteiger partial charge in [-0.15, -0.1) is 0 Å². The molecule has 0 radical (unpaired) electrons. The maximum absolute atomic E-state index is 12.1. The number of rotatable bonds is 4. The minimum absolute atomic E-state index is 0.0312. The zero-order valence-electron chi connectivity index (χ0n) is 13.0. The van der Waals surface area contributed by atoms with Crippen LogP contribution in [0.1, 0.15) is 19.3 Å². The Morgan fingerprint density at radius 2 is 2.00 bits per heavy atom. The highest BCUT2D eigenvalue weighted by molar-refractivity contribution is 5.91. The molecule has 21 heavy (non-hydrogen) atoms. The molecule has 4 nitrogen and oxygen atoms in total. The first kappa shape index (κ1) is 14.1. The molecule has 4 heteroatoms. The number of nitrogens with zero attached hydrogens (tertiary/aromatic N) is 2. The van der Waals surface area contributed by atoms with Gasteiger partial charge in [0.05, 0.1) is 5.52 Å². The summed E-state index contributed by atoms with van der Waals surface area (Å²) in [6.45, 7) is 0.886. The van der Waals surface area contributed by atoms with E-state index in [2.05, 4.69) is 30.4 Å². The van der Waals surface area contributed by atoms with E-state index in [0.29, 0.717) is 0 Å². The van der Waals surface area contributed by atoms with Crippen LogP contribution in [0.2, 0.25) is 0 Å². The van der Waals surface area contributed by atoms with Crippen molar-refractivity contribution in [3.63, 3.8) is 0 Å². The van der Waals surface area contributed by atoms with Gasteiger partial charge in [0.25, 0.3) is 5.56 Å². The number of nitrogens with one attached hydrogen (secondary N) is 1. The fourth-order valence-electron chi connectivity index (χ4n) is 3.18. The fraction of sp³-hybridized carbons (Fsp3) is 0.471. The lowest BCUT2D eigenvalue weighted by Gasteiger charge is -2.47. The third kappa shape index (κ3) is 2.33. The molecule has 0 aliphatic heterocycles. The first-order valence-corrected chi connectivity index (χ1v) is 7.54. The number of anilines is 1. The molecule has 0 unspecified atom stereocenters. The van der Waals surface area contributed by atoms with Crippen molar-refractivity contribution >= 4 is 16.6 Å². The molecule has 0 saturated heterocycles. The normalized spacial score (nSPS) is 17.0. The van der Waals surface area contributed by atoms with Crippen molar-refractivity contribution in [2.75, 3.05) is 26.0 Å². The van der Waals surface area contributed by atoms with Crippen LogP contribution in [0.3, 0.4) is 0 Å². The van der Waals surface area contributed by atoms with Crippen LogP contribution in [-0.4, -0.2) is 35.6 Å². The minimum Gasteiger partial charge on any atom is -0.382 e. The standard InChI is InChI=1S/C17H23N3O/c1-19(2)17(9-6-10-17)12-18-14-11-16(21)20(3)15-8-5-4-7-13(14)15/h4-5,7-8,11,18H,6,9-10,12H2,1-3H3. The van der Waals surface area contributed by atoms with Gasteiger partial charge in [-0.1, -0.05) is 18.2 Å². The molecule has 1 aromatic carbocycles. The number of pyridine rings is 1. The summed E-state index contributed by atoms with van der Waals surface area (Å²) in [5, 5.41) is 4.63. The number of fused-ring (bicyclic) bond motifs is 1. The monoisotopic (exact) mass is 285 g/mol. The van der Waals surface area contributed by atoms with Gasteiger partial charge in [-0.05, 0) is 39.4 Å². The molecule has 112 valence electrons. The molecule has 1 N–H and O–H groups in total. The van der Waals surface area contributed by atoms with Crippen molar-refractivity contribution in [3.05, 3.63) is 40.7 Å². The van der Waals surface area contributed by atoms with Gasteiger partial charge in [-0.2, -0.15) is 0 Å². The van der Waals surface area contributed by atoms with Gasteiger partial charge < -0.3 is 14.8 Å². The number of benzene rings is 1. The molecular formula is C17H23N3O. The summed E-state index contributed by atoms with van der Waals surface area (Å²) in [7, 11) is 6.10. The molecular weight excluding hydrogens is 262 g/mol. The van der Waals surface area contributed by atoms with E-state index in [-0.39, 0.29) is 11.1 Å². The molecule has 1 aliphatic carbocycles. The second-order valence-corrected chi connectivity index (χ2v) is 6.30. The smallest absolute Gasteiger partial charge is 0.252 e. The molecule has 2 aromatic rings. The predicted molar refractivity (Wildman–Crippen MR) is 87.9 cm³/mol. The number of hydrogen-bond acceptors (Lipinski definition) is 3. The van der Waals surface area contributed by atoms with Crippen molar-refractivity contribution in [1.29, 1.82) is 0 Å². The summed E-state index contributed by atoms with van der Waals surface area (Å²) >= 11 is 0. The number of likely N-dealkylation sites (N-methyl/N-ethyl adjacent to an activating group) is 1. The van der Waals surface area contributed by atoms with Gasteiger partial charge in [0.15, 0.2) is 0 Å². The molecule has 1 aliphatic rings. The maximum atomic E-state index is 12.1. The van der Waals surface area contributed by atoms with Crippen LogP contribution in [0, 0.1) is 0 Å². The summed E-state index contributed by atoms with van der Waals surface area (Å²) in [6.07, 6.45) is 3.72. The van der Waals surface area contributed by atoms with Crippen molar-refractivity contribution in [2.45, 2.75) is 24.8 Å². The lowest BCUT2D eigenvalue weighted by atomic mass is 9.75. The largest absolute Gasteiger partial charge is 0.382 e. The van der Waals surface area contributed by atoms with E-state index in [4.69, 9.17) is 0 Å². The van der Waals surface area contributed by atoms with E-state index < -0.39 is 0 Å². The second-order valence-electron chi connectivity index (χ2n) is 6.30. The van der Waals surface area contributed by atoms with E-state index >= 15 is 0 Å². The van der Waals surface area contributed by atoms with Crippen LogP contribution in [0.15, 0.2) is 35.1 Å². The van der Waals surface area contributed by atoms with Gasteiger partial charge in [-0.3, -0.25) is 4.79 Å². The van der Waals surface area contributed by atoms with Crippen molar-refractivity contribution in [2.24, 2.45) is 7.05 Å². The summed E-state index contributed by atoms with van der Waals surface area (Å²) in [5.74, 6) is 0. The Morgan fingerprint density at radius 3 is 2.62 bits per heavy atom. The number of aryl methyl sites for hydroxylation is 1. The Balaban J connectivity index is 1.94. The van der Waals surface area contributed by atoms with Crippen LogP contribution in [-0.2, 0) is 7.05 Å². The predicted octanol–water partition coefficient (Wildman–Crippen LogP) is 2.43. The van der Waals surface area contributed by atoms with E-state index in [1.165, 1.54) is 19.3 Å². The number of aromatic nitrogens is 1. The Labute approximate surface area is 125 Å². The van der Waals surface area contributed by atoms with E-state index in [0.717, 1.165) is 23.1 Å². The van der Waals surface area contributed by atoms with Gasteiger partial charge >= 0.3 is 0 Å². The quantitative estimate of drug-likeness (QED) is 0.937. The average molecular weight is 285 g/mol. The van der Waals surface area contributed by atoms with Gasteiger partial charge in [0.1, 0.15) is 0 Å². The number of para-hydroxylation sites is 1. The highest BCUT2D eigenvalue weighted by Crippen LogP contribution is 2.36. The Kier molecular flexibility index (Phi) is 3.49. The second kappa shape index (κ2) is 5.19. The SMILES string of the molecule is CN(C)C1(CNc2cc(=O)n(C)c3ccccc23)CCC1. The lowest BCUT2D eigenvalue weighted by molar-refractivity contribution is 0.0739. The zero-order chi connectivity index (χ0) is 15.0. The molecule has 0 bridgehead atoms. The minimum atomic E-state index is 0.0312. The summed E-state index contributed by atoms with van der Waals surface area (Å²) < 4.78 is 1.70. The highest BCUT2D eigenvalue weighted by Gasteiger charge is 2.38. The molecule has 1 saturated carbocycles. The third-order valence-corrected chi connectivity index (χ3v) is 4.99. The van der Waals surface area contributed by atoms with Gasteiger partial charge in [0, 0.05) is 36.3 Å². The first-order chi connectivity index (χ1) is 10.0. The van der Waals surface area contributed by atoms with Crippen molar-refractivity contribution in [3.8, 4) is 0 Å². The Bertz CT molecular complexity index is 714. The molecule has 0 amide bonds. The average Bonchev–Trinajstić information content (AvgIpc) is 2.42. The first-order valence-electron chi connectivity index (χ1n) is 7.54. The van der Waals surface area contributed by atoms with E-state index in [9.17, 15) is 4.79 Å². The molecule has 0 atom stereocenters. The topological polar surface area (TPSA) is 37.3 Å². The highest BCUT2D eigenvalue weighted by atomic mass is 16.1. The van der Waals surface area contributed by atoms with Crippen LogP contribution in [0.25, 0.3) is 10.9 Å². The van der Waals surface area contributed by atoms with Crippen LogP contribution >= 0.6 is 0 Å². The van der Waals surface area contributed by atoms with Crippen LogP contribution in [0.4, 0.5) is 5.69 Å². The van der Waals surface area contributed by atoms with Crippen molar-refractivity contribution in [1.82, 2.24) is 9.47 Å². The van der Waals surface area contributed by atoms with E-state index in [1.54, 1.807) is 10.6 Å². The summed E-state index contributed by atoms with van der Waals surface area (Å²) in [5.41, 5.74) is 2.19. The van der Waals surface area contributed by atoms with Gasteiger partial charge in [0.2, 0.25) is 0 Å². The number of hydrogen-bond donors (Lipinski definition) is 1. The Hall–Kier alpha value is -1.81. The van der Waals surface area contributed by atoms with Crippen molar-refractivity contribution < 1.29 is 0 Å². The summed E-state index contributed by atoms with van der Waals surface area (Å²) in [4.78, 5) is 14.4. The van der Waals surface area contributed by atoms with Crippen LogP contribution in [0.5, 0.6) is 0 Å². The summed E-state index contributed by atoms with van der Waals surface area (Å²) in [6, 6.07) is 9.76. The Morgan fingerprint density at radius 1 is 1.29 bits per heavy atom. The molecule has 3 rings (SSSR count). The zero-order valence-corrected chi connectivity index (χ0v) is 13.0. The third-order valence-electron chi connectivity index (χ3n) is 4.99. The lowest BCUT2D eigenvalue weighted by Crippen LogP contribution is -2.54. The molecule has 1 aromatic heterocycles. The molecule has 0 spiro atoms.